The van der Waals surface area contributed by atoms with Gasteiger partial charge in [-0.25, -0.2) is 0 Å². The Morgan fingerprint density at radius 3 is 2.19 bits per heavy atom. The van der Waals surface area contributed by atoms with Gasteiger partial charge in [0.1, 0.15) is 6.04 Å². The fourth-order valence-electron chi connectivity index (χ4n) is 1.20. The molecule has 0 bridgehead atoms. The van der Waals surface area contributed by atoms with Crippen LogP contribution < -0.4 is 5.73 Å². The fraction of sp³-hybridized carbons (Fsp3) is 0.400. The van der Waals surface area contributed by atoms with E-state index in [0.29, 0.717) is 5.56 Å². The summed E-state index contributed by atoms with van der Waals surface area (Å²) in [5, 5.41) is 9.55. The Bertz CT molecular complexity index is 339. The lowest BCUT2D eigenvalue weighted by Crippen LogP contribution is -2.38. The summed E-state index contributed by atoms with van der Waals surface area (Å²) in [5.74, 6) is 0. The third-order valence-electron chi connectivity index (χ3n) is 2.15. The zero-order chi connectivity index (χ0) is 12.3. The molecule has 6 heteroatoms. The molecule has 2 nitrogen and oxygen atoms in total. The molecule has 0 aliphatic carbocycles. The molecule has 0 aromatic heterocycles. The van der Waals surface area contributed by atoms with Crippen LogP contribution in [0.3, 0.4) is 0 Å². The number of alkyl halides is 3. The van der Waals surface area contributed by atoms with Crippen molar-refractivity contribution in [2.75, 3.05) is 0 Å². The van der Waals surface area contributed by atoms with Gasteiger partial charge in [-0.05, 0) is 17.7 Å². The normalized spacial score (nSPS) is 15.9. The van der Waals surface area contributed by atoms with Gasteiger partial charge in [-0.2, -0.15) is 13.2 Å². The Balaban J connectivity index is 2.65. The molecule has 0 saturated heterocycles. The molecule has 3 N–H and O–H groups in total. The molecule has 0 radical (unpaired) electrons. The number of aliphatic hydroxyl groups excluding tert-OH is 1. The van der Waals surface area contributed by atoms with E-state index in [1.165, 1.54) is 0 Å². The van der Waals surface area contributed by atoms with Crippen LogP contribution in [-0.4, -0.2) is 17.3 Å². The van der Waals surface area contributed by atoms with E-state index in [4.69, 9.17) is 5.73 Å². The number of hydrogen-bond acceptors (Lipinski definition) is 2. The second-order valence-corrected chi connectivity index (χ2v) is 4.37. The third kappa shape index (κ3) is 3.77. The second kappa shape index (κ2) is 5.16. The molecule has 1 aromatic rings. The maximum Gasteiger partial charge on any atom is 0.403 e. The summed E-state index contributed by atoms with van der Waals surface area (Å²) in [6.45, 7) is 0. The molecule has 2 atom stereocenters. The first-order valence-electron chi connectivity index (χ1n) is 4.56. The number of halogens is 4. The average molecular weight is 298 g/mol. The van der Waals surface area contributed by atoms with Crippen molar-refractivity contribution in [1.29, 1.82) is 0 Å². The minimum absolute atomic E-state index is 0.419. The lowest BCUT2D eigenvalue weighted by molar-refractivity contribution is -0.153. The average Bonchev–Trinajstić information content (AvgIpc) is 2.17. The highest BCUT2D eigenvalue weighted by Crippen LogP contribution is 2.27. The van der Waals surface area contributed by atoms with Crippen LogP contribution in [0.1, 0.15) is 18.1 Å². The number of aliphatic hydroxyl groups is 1. The first-order chi connectivity index (χ1) is 7.30. The molecule has 0 spiro atoms. The summed E-state index contributed by atoms with van der Waals surface area (Å²) < 4.78 is 37.2. The largest absolute Gasteiger partial charge is 0.403 e. The van der Waals surface area contributed by atoms with Gasteiger partial charge in [0.15, 0.2) is 0 Å². The summed E-state index contributed by atoms with van der Waals surface area (Å²) in [4.78, 5) is 0. The molecule has 90 valence electrons. The van der Waals surface area contributed by atoms with Gasteiger partial charge in [0.2, 0.25) is 0 Å². The summed E-state index contributed by atoms with van der Waals surface area (Å²) in [6.07, 6.45) is -6.22. The van der Waals surface area contributed by atoms with E-state index in [1.54, 1.807) is 24.3 Å². The first-order valence-corrected chi connectivity index (χ1v) is 5.36. The smallest absolute Gasteiger partial charge is 0.388 e. The molecule has 16 heavy (non-hydrogen) atoms. The fourth-order valence-corrected chi connectivity index (χ4v) is 1.46. The predicted molar refractivity (Wildman–Crippen MR) is 57.7 cm³/mol. The second-order valence-electron chi connectivity index (χ2n) is 3.45. The van der Waals surface area contributed by atoms with Crippen molar-refractivity contribution in [3.8, 4) is 0 Å². The van der Waals surface area contributed by atoms with Crippen molar-refractivity contribution in [3.05, 3.63) is 34.3 Å². The van der Waals surface area contributed by atoms with Crippen LogP contribution in [-0.2, 0) is 0 Å². The predicted octanol–water partition coefficient (Wildman–Crippen LogP) is 2.76. The Morgan fingerprint density at radius 1 is 1.25 bits per heavy atom. The van der Waals surface area contributed by atoms with Crippen molar-refractivity contribution in [3.63, 3.8) is 0 Å². The van der Waals surface area contributed by atoms with Gasteiger partial charge in [-0.15, -0.1) is 0 Å². The highest BCUT2D eigenvalue weighted by atomic mass is 79.9. The number of hydrogen-bond donors (Lipinski definition) is 2. The van der Waals surface area contributed by atoms with Gasteiger partial charge in [0, 0.05) is 10.9 Å². The van der Waals surface area contributed by atoms with Crippen LogP contribution in [0.25, 0.3) is 0 Å². The van der Waals surface area contributed by atoms with Crippen LogP contribution in [0.4, 0.5) is 13.2 Å². The maximum atomic E-state index is 12.1. The van der Waals surface area contributed by atoms with Gasteiger partial charge in [-0.1, -0.05) is 28.1 Å². The molecular weight excluding hydrogens is 287 g/mol. The van der Waals surface area contributed by atoms with Crippen molar-refractivity contribution >= 4 is 15.9 Å². The van der Waals surface area contributed by atoms with E-state index in [9.17, 15) is 18.3 Å². The van der Waals surface area contributed by atoms with Gasteiger partial charge >= 0.3 is 6.18 Å². The minimum Gasteiger partial charge on any atom is -0.388 e. The molecule has 1 rings (SSSR count). The van der Waals surface area contributed by atoms with Crippen molar-refractivity contribution < 1.29 is 18.3 Å². The van der Waals surface area contributed by atoms with Gasteiger partial charge < -0.3 is 10.8 Å². The number of rotatable bonds is 3. The number of nitrogens with two attached hydrogens (primary N) is 1. The monoisotopic (exact) mass is 297 g/mol. The zero-order valence-electron chi connectivity index (χ0n) is 8.21. The lowest BCUT2D eigenvalue weighted by Gasteiger charge is -2.19. The van der Waals surface area contributed by atoms with Crippen molar-refractivity contribution in [2.45, 2.75) is 24.7 Å². The first kappa shape index (κ1) is 13.5. The highest BCUT2D eigenvalue weighted by Gasteiger charge is 2.37. The minimum atomic E-state index is -4.48. The molecule has 0 fully saturated rings. The molecule has 0 amide bonds. The summed E-state index contributed by atoms with van der Waals surface area (Å²) in [5.41, 5.74) is 5.34. The third-order valence-corrected chi connectivity index (χ3v) is 2.68. The standard InChI is InChI=1S/C10H11BrF3NO/c11-7-3-1-6(2-4-7)8(16)5-9(15)10(12,13)14/h1-4,8-9,16H,5,15H2/t8-,9+/m1/s1. The molecular formula is C10H11BrF3NO. The van der Waals surface area contributed by atoms with Crippen LogP contribution in [0.2, 0.25) is 0 Å². The summed E-state index contributed by atoms with van der Waals surface area (Å²) in [7, 11) is 0. The van der Waals surface area contributed by atoms with E-state index >= 15 is 0 Å². The van der Waals surface area contributed by atoms with Crippen LogP contribution in [0, 0.1) is 0 Å². The summed E-state index contributed by atoms with van der Waals surface area (Å²) >= 11 is 3.19. The van der Waals surface area contributed by atoms with Crippen LogP contribution in [0.15, 0.2) is 28.7 Å². The zero-order valence-corrected chi connectivity index (χ0v) is 9.79. The maximum absolute atomic E-state index is 12.1. The van der Waals surface area contributed by atoms with Gasteiger partial charge in [0.05, 0.1) is 6.10 Å². The van der Waals surface area contributed by atoms with Gasteiger partial charge in [0.25, 0.3) is 0 Å². The molecule has 0 saturated carbocycles. The van der Waals surface area contributed by atoms with Crippen LogP contribution >= 0.6 is 15.9 Å². The van der Waals surface area contributed by atoms with Crippen molar-refractivity contribution in [2.24, 2.45) is 5.73 Å². The van der Waals surface area contributed by atoms with E-state index < -0.39 is 24.7 Å². The molecule has 0 aliphatic heterocycles. The number of benzene rings is 1. The quantitative estimate of drug-likeness (QED) is 0.901. The van der Waals surface area contributed by atoms with E-state index in [0.717, 1.165) is 4.47 Å². The SMILES string of the molecule is N[C@@H](C[C@@H](O)c1ccc(Br)cc1)C(F)(F)F. The Labute approximate surface area is 99.4 Å². The van der Waals surface area contributed by atoms with E-state index in [-0.39, 0.29) is 0 Å². The molecule has 0 heterocycles. The molecule has 0 aliphatic rings. The van der Waals surface area contributed by atoms with Gasteiger partial charge in [-0.3, -0.25) is 0 Å². The van der Waals surface area contributed by atoms with Crippen molar-refractivity contribution in [1.82, 2.24) is 0 Å². The van der Waals surface area contributed by atoms with E-state index in [1.807, 2.05) is 0 Å². The Kier molecular flexibility index (Phi) is 4.35. The summed E-state index contributed by atoms with van der Waals surface area (Å²) in [6, 6.07) is 4.40. The molecule has 1 aromatic carbocycles. The lowest BCUT2D eigenvalue weighted by atomic mass is 10.0. The topological polar surface area (TPSA) is 46.2 Å². The Morgan fingerprint density at radius 2 is 1.75 bits per heavy atom. The highest BCUT2D eigenvalue weighted by molar-refractivity contribution is 9.10. The molecule has 0 unspecified atom stereocenters. The van der Waals surface area contributed by atoms with Crippen LogP contribution in [0.5, 0.6) is 0 Å². The van der Waals surface area contributed by atoms with E-state index in [2.05, 4.69) is 15.9 Å². The Hall–Kier alpha value is -0.590.